The zero-order valence-electron chi connectivity index (χ0n) is 14.8. The SMILES string of the molecule is Cc1cc(C(=O)N2CC(N3CCN(c4ccccn4)CC3)C2)c(C)o1. The first-order chi connectivity index (χ1) is 12.1. The Bertz CT molecular complexity index is 744. The average Bonchev–Trinajstić information content (AvgIpc) is 2.93. The molecule has 6 heteroatoms. The lowest BCUT2D eigenvalue weighted by atomic mass is 10.0. The fourth-order valence-corrected chi connectivity index (χ4v) is 3.72. The van der Waals surface area contributed by atoms with Crippen molar-refractivity contribution in [2.75, 3.05) is 44.2 Å². The lowest BCUT2D eigenvalue weighted by Crippen LogP contribution is -2.64. The topological polar surface area (TPSA) is 52.8 Å². The van der Waals surface area contributed by atoms with E-state index in [1.807, 2.05) is 43.1 Å². The Hall–Kier alpha value is -2.34. The minimum absolute atomic E-state index is 0.0951. The second-order valence-electron chi connectivity index (χ2n) is 6.90. The van der Waals surface area contributed by atoms with Crippen LogP contribution in [-0.4, -0.2) is 66.0 Å². The van der Waals surface area contributed by atoms with E-state index in [1.54, 1.807) is 0 Å². The van der Waals surface area contributed by atoms with Gasteiger partial charge in [-0.3, -0.25) is 9.69 Å². The van der Waals surface area contributed by atoms with Gasteiger partial charge in [0.25, 0.3) is 5.91 Å². The van der Waals surface area contributed by atoms with Crippen LogP contribution in [0.2, 0.25) is 0 Å². The van der Waals surface area contributed by atoms with Gasteiger partial charge in [0.05, 0.1) is 5.56 Å². The van der Waals surface area contributed by atoms with Crippen LogP contribution in [0.4, 0.5) is 5.82 Å². The highest BCUT2D eigenvalue weighted by molar-refractivity contribution is 5.95. The number of pyridine rings is 1. The fourth-order valence-electron chi connectivity index (χ4n) is 3.72. The van der Waals surface area contributed by atoms with Crippen molar-refractivity contribution in [3.63, 3.8) is 0 Å². The van der Waals surface area contributed by atoms with Crippen LogP contribution in [0.25, 0.3) is 0 Å². The van der Waals surface area contributed by atoms with Crippen molar-refractivity contribution >= 4 is 11.7 Å². The van der Waals surface area contributed by atoms with Crippen molar-refractivity contribution in [3.05, 3.63) is 47.5 Å². The second-order valence-corrected chi connectivity index (χ2v) is 6.90. The van der Waals surface area contributed by atoms with Crippen LogP contribution in [0.1, 0.15) is 21.9 Å². The summed E-state index contributed by atoms with van der Waals surface area (Å²) in [5.41, 5.74) is 0.705. The number of carbonyl (C=O) groups excluding carboxylic acids is 1. The summed E-state index contributed by atoms with van der Waals surface area (Å²) in [6, 6.07) is 8.36. The van der Waals surface area contributed by atoms with Gasteiger partial charge in [-0.15, -0.1) is 0 Å². The summed E-state index contributed by atoms with van der Waals surface area (Å²) >= 11 is 0. The minimum atomic E-state index is 0.0951. The molecule has 0 spiro atoms. The van der Waals surface area contributed by atoms with Gasteiger partial charge in [0.15, 0.2) is 0 Å². The predicted octanol–water partition coefficient (Wildman–Crippen LogP) is 1.94. The van der Waals surface area contributed by atoms with Crippen molar-refractivity contribution in [2.24, 2.45) is 0 Å². The van der Waals surface area contributed by atoms with E-state index in [0.717, 1.165) is 56.6 Å². The van der Waals surface area contributed by atoms with E-state index in [1.165, 1.54) is 0 Å². The van der Waals surface area contributed by atoms with Crippen molar-refractivity contribution < 1.29 is 9.21 Å². The van der Waals surface area contributed by atoms with E-state index < -0.39 is 0 Å². The number of hydrogen-bond donors (Lipinski definition) is 0. The van der Waals surface area contributed by atoms with E-state index in [2.05, 4.69) is 20.9 Å². The predicted molar refractivity (Wildman–Crippen MR) is 95.9 cm³/mol. The van der Waals surface area contributed by atoms with Crippen molar-refractivity contribution in [1.29, 1.82) is 0 Å². The van der Waals surface area contributed by atoms with Crippen LogP contribution in [0.15, 0.2) is 34.9 Å². The molecule has 0 aromatic carbocycles. The van der Waals surface area contributed by atoms with Gasteiger partial charge in [-0.1, -0.05) is 6.07 Å². The molecule has 6 nitrogen and oxygen atoms in total. The van der Waals surface area contributed by atoms with Crippen LogP contribution in [0.3, 0.4) is 0 Å². The molecule has 4 rings (SSSR count). The Kier molecular flexibility index (Phi) is 4.21. The summed E-state index contributed by atoms with van der Waals surface area (Å²) in [5.74, 6) is 2.66. The lowest BCUT2D eigenvalue weighted by molar-refractivity contribution is 0.0245. The van der Waals surface area contributed by atoms with Gasteiger partial charge in [0.1, 0.15) is 17.3 Å². The van der Waals surface area contributed by atoms with Crippen LogP contribution >= 0.6 is 0 Å². The number of furan rings is 1. The maximum absolute atomic E-state index is 12.6. The monoisotopic (exact) mass is 340 g/mol. The molecule has 4 heterocycles. The standard InChI is InChI=1S/C19H24N4O2/c1-14-11-17(15(2)25-14)19(24)23-12-16(13-23)21-7-9-22(10-8-21)18-5-3-4-6-20-18/h3-6,11,16H,7-10,12-13H2,1-2H3. The molecule has 2 aromatic heterocycles. The summed E-state index contributed by atoms with van der Waals surface area (Å²) in [4.78, 5) is 23.7. The third-order valence-electron chi connectivity index (χ3n) is 5.22. The third kappa shape index (κ3) is 3.14. The normalized spacial score (nSPS) is 19.1. The van der Waals surface area contributed by atoms with E-state index >= 15 is 0 Å². The summed E-state index contributed by atoms with van der Waals surface area (Å²) in [7, 11) is 0. The zero-order valence-corrected chi connectivity index (χ0v) is 14.8. The number of aromatic nitrogens is 1. The molecular formula is C19H24N4O2. The first kappa shape index (κ1) is 16.1. The molecule has 25 heavy (non-hydrogen) atoms. The number of anilines is 1. The van der Waals surface area contributed by atoms with Crippen molar-refractivity contribution in [1.82, 2.24) is 14.8 Å². The second kappa shape index (κ2) is 6.52. The van der Waals surface area contributed by atoms with E-state index in [0.29, 0.717) is 11.6 Å². The van der Waals surface area contributed by atoms with E-state index in [-0.39, 0.29) is 5.91 Å². The van der Waals surface area contributed by atoms with Gasteiger partial charge in [-0.25, -0.2) is 4.98 Å². The molecule has 2 fully saturated rings. The molecule has 0 N–H and O–H groups in total. The Balaban J connectivity index is 1.29. The van der Waals surface area contributed by atoms with Crippen LogP contribution < -0.4 is 4.90 Å². The Morgan fingerprint density at radius 3 is 2.52 bits per heavy atom. The quantitative estimate of drug-likeness (QED) is 0.855. The van der Waals surface area contributed by atoms with Gasteiger partial charge < -0.3 is 14.2 Å². The Morgan fingerprint density at radius 1 is 1.16 bits per heavy atom. The Morgan fingerprint density at radius 2 is 1.92 bits per heavy atom. The maximum atomic E-state index is 12.6. The molecule has 0 aliphatic carbocycles. The highest BCUT2D eigenvalue weighted by Gasteiger charge is 2.37. The number of carbonyl (C=O) groups is 1. The number of likely N-dealkylation sites (tertiary alicyclic amines) is 1. The van der Waals surface area contributed by atoms with E-state index in [9.17, 15) is 4.79 Å². The summed E-state index contributed by atoms with van der Waals surface area (Å²) in [6.07, 6.45) is 1.84. The molecular weight excluding hydrogens is 316 g/mol. The number of nitrogens with zero attached hydrogens (tertiary/aromatic N) is 4. The van der Waals surface area contributed by atoms with Gasteiger partial charge in [-0.05, 0) is 32.0 Å². The van der Waals surface area contributed by atoms with Crippen LogP contribution in [0.5, 0.6) is 0 Å². The first-order valence-electron chi connectivity index (χ1n) is 8.88. The number of rotatable bonds is 3. The molecule has 0 unspecified atom stereocenters. The lowest BCUT2D eigenvalue weighted by Gasteiger charge is -2.48. The summed E-state index contributed by atoms with van der Waals surface area (Å²) < 4.78 is 5.48. The smallest absolute Gasteiger partial charge is 0.257 e. The fraction of sp³-hybridized carbons (Fsp3) is 0.474. The number of hydrogen-bond acceptors (Lipinski definition) is 5. The van der Waals surface area contributed by atoms with Gasteiger partial charge in [0.2, 0.25) is 0 Å². The Labute approximate surface area is 148 Å². The molecule has 0 saturated carbocycles. The van der Waals surface area contributed by atoms with Crippen LogP contribution in [-0.2, 0) is 0 Å². The largest absolute Gasteiger partial charge is 0.466 e. The number of aryl methyl sites for hydroxylation is 2. The molecule has 0 bridgehead atoms. The van der Waals surface area contributed by atoms with E-state index in [4.69, 9.17) is 4.42 Å². The summed E-state index contributed by atoms with van der Waals surface area (Å²) in [6.45, 7) is 9.37. The van der Waals surface area contributed by atoms with Gasteiger partial charge >= 0.3 is 0 Å². The number of piperazine rings is 1. The minimum Gasteiger partial charge on any atom is -0.466 e. The third-order valence-corrected chi connectivity index (χ3v) is 5.22. The van der Waals surface area contributed by atoms with Crippen molar-refractivity contribution in [3.8, 4) is 0 Å². The molecule has 0 radical (unpaired) electrons. The van der Waals surface area contributed by atoms with Crippen molar-refractivity contribution in [2.45, 2.75) is 19.9 Å². The van der Waals surface area contributed by atoms with Gasteiger partial charge in [0, 0.05) is 51.5 Å². The molecule has 132 valence electrons. The maximum Gasteiger partial charge on any atom is 0.257 e. The molecule has 2 aliphatic heterocycles. The van der Waals surface area contributed by atoms with Crippen LogP contribution in [0, 0.1) is 13.8 Å². The summed E-state index contributed by atoms with van der Waals surface area (Å²) in [5, 5.41) is 0. The molecule has 1 amide bonds. The molecule has 2 aromatic rings. The highest BCUT2D eigenvalue weighted by atomic mass is 16.3. The average molecular weight is 340 g/mol. The highest BCUT2D eigenvalue weighted by Crippen LogP contribution is 2.23. The zero-order chi connectivity index (χ0) is 17.4. The molecule has 0 atom stereocenters. The van der Waals surface area contributed by atoms with Gasteiger partial charge in [-0.2, -0.15) is 0 Å². The molecule has 2 aliphatic rings. The number of amides is 1. The molecule has 2 saturated heterocycles. The first-order valence-corrected chi connectivity index (χ1v) is 8.88.